The zero-order valence-electron chi connectivity index (χ0n) is 19.3. The van der Waals surface area contributed by atoms with E-state index in [9.17, 15) is 13.2 Å². The molecular weight excluding hydrogens is 458 g/mol. The molecular formula is C28H27N3O3S. The molecule has 7 heteroatoms. The van der Waals surface area contributed by atoms with E-state index in [0.717, 1.165) is 22.0 Å². The molecule has 5 rings (SSSR count). The number of carbonyl (C=O) groups is 1. The predicted molar refractivity (Wildman–Crippen MR) is 139 cm³/mol. The van der Waals surface area contributed by atoms with Crippen LogP contribution >= 0.6 is 0 Å². The van der Waals surface area contributed by atoms with Gasteiger partial charge in [0.25, 0.3) is 5.91 Å². The van der Waals surface area contributed by atoms with Gasteiger partial charge >= 0.3 is 0 Å². The Morgan fingerprint density at radius 1 is 0.743 bits per heavy atom. The van der Waals surface area contributed by atoms with Crippen molar-refractivity contribution in [1.29, 1.82) is 0 Å². The summed E-state index contributed by atoms with van der Waals surface area (Å²) in [6, 6.07) is 30.1. The van der Waals surface area contributed by atoms with E-state index < -0.39 is 10.0 Å². The van der Waals surface area contributed by atoms with Crippen LogP contribution in [0.15, 0.2) is 102 Å². The van der Waals surface area contributed by atoms with Gasteiger partial charge in [0.1, 0.15) is 0 Å². The van der Waals surface area contributed by atoms with E-state index in [0.29, 0.717) is 43.2 Å². The van der Waals surface area contributed by atoms with Gasteiger partial charge < -0.3 is 5.32 Å². The SMILES string of the molecule is O=C(Nc1ccc2ccccc2c1)c1cccc(CN2CCN(S(=O)(=O)c3ccccc3)CC2)c1. The number of benzene rings is 4. The molecule has 0 saturated carbocycles. The van der Waals surface area contributed by atoms with Crippen LogP contribution in [0.5, 0.6) is 0 Å². The number of rotatable bonds is 6. The average Bonchev–Trinajstić information content (AvgIpc) is 2.89. The lowest BCUT2D eigenvalue weighted by Gasteiger charge is -2.34. The number of hydrogen-bond donors (Lipinski definition) is 1. The van der Waals surface area contributed by atoms with E-state index in [2.05, 4.69) is 10.2 Å². The fraction of sp³-hybridized carbons (Fsp3) is 0.179. The Hall–Kier alpha value is -3.52. The Morgan fingerprint density at radius 3 is 2.23 bits per heavy atom. The number of fused-ring (bicyclic) bond motifs is 1. The van der Waals surface area contributed by atoms with Gasteiger partial charge in [0.15, 0.2) is 0 Å². The molecule has 35 heavy (non-hydrogen) atoms. The fourth-order valence-electron chi connectivity index (χ4n) is 4.41. The summed E-state index contributed by atoms with van der Waals surface area (Å²) >= 11 is 0. The van der Waals surface area contributed by atoms with Crippen LogP contribution in [0.25, 0.3) is 10.8 Å². The van der Waals surface area contributed by atoms with Crippen LogP contribution < -0.4 is 5.32 Å². The maximum absolute atomic E-state index is 12.9. The molecule has 1 heterocycles. The van der Waals surface area contributed by atoms with Crippen LogP contribution in [0.4, 0.5) is 5.69 Å². The van der Waals surface area contributed by atoms with Crippen molar-refractivity contribution in [2.45, 2.75) is 11.4 Å². The Labute approximate surface area is 205 Å². The molecule has 1 amide bonds. The van der Waals surface area contributed by atoms with E-state index in [1.807, 2.05) is 72.8 Å². The number of nitrogens with zero attached hydrogens (tertiary/aromatic N) is 2. The van der Waals surface area contributed by atoms with Gasteiger partial charge in [-0.1, -0.05) is 60.7 Å². The normalized spacial score (nSPS) is 15.2. The molecule has 0 aliphatic carbocycles. The highest BCUT2D eigenvalue weighted by Gasteiger charge is 2.28. The summed E-state index contributed by atoms with van der Waals surface area (Å²) in [5.74, 6) is -0.152. The zero-order chi connectivity index (χ0) is 24.3. The molecule has 6 nitrogen and oxygen atoms in total. The van der Waals surface area contributed by atoms with Crippen molar-refractivity contribution in [3.8, 4) is 0 Å². The van der Waals surface area contributed by atoms with Gasteiger partial charge in [0.05, 0.1) is 4.90 Å². The van der Waals surface area contributed by atoms with Gasteiger partial charge in [0.2, 0.25) is 10.0 Å². The standard InChI is InChI=1S/C28H27N3O3S/c32-28(29-26-14-13-23-8-4-5-9-24(23)20-26)25-10-6-7-22(19-25)21-30-15-17-31(18-16-30)35(33,34)27-11-2-1-3-12-27/h1-14,19-20H,15-18,21H2,(H,29,32). The zero-order valence-corrected chi connectivity index (χ0v) is 20.1. The lowest BCUT2D eigenvalue weighted by molar-refractivity contribution is 0.102. The van der Waals surface area contributed by atoms with Gasteiger partial charge in [-0.2, -0.15) is 4.31 Å². The summed E-state index contributed by atoms with van der Waals surface area (Å²) in [5.41, 5.74) is 2.38. The Kier molecular flexibility index (Phi) is 6.63. The summed E-state index contributed by atoms with van der Waals surface area (Å²) in [5, 5.41) is 5.20. The predicted octanol–water partition coefficient (Wildman–Crippen LogP) is 4.60. The maximum Gasteiger partial charge on any atom is 0.255 e. The second-order valence-corrected chi connectivity index (χ2v) is 10.6. The molecule has 0 radical (unpaired) electrons. The molecule has 1 saturated heterocycles. The number of carbonyl (C=O) groups excluding carboxylic acids is 1. The highest BCUT2D eigenvalue weighted by Crippen LogP contribution is 2.21. The highest BCUT2D eigenvalue weighted by molar-refractivity contribution is 7.89. The summed E-state index contributed by atoms with van der Waals surface area (Å²) in [7, 11) is -3.47. The van der Waals surface area contributed by atoms with Gasteiger partial charge in [0, 0.05) is 44.0 Å². The molecule has 1 aliphatic heterocycles. The minimum Gasteiger partial charge on any atom is -0.322 e. The summed E-state index contributed by atoms with van der Waals surface area (Å²) in [6.07, 6.45) is 0. The number of piperazine rings is 1. The van der Waals surface area contributed by atoms with Crippen LogP contribution in [-0.4, -0.2) is 49.7 Å². The molecule has 0 unspecified atom stereocenters. The number of hydrogen-bond acceptors (Lipinski definition) is 4. The summed E-state index contributed by atoms with van der Waals surface area (Å²) in [4.78, 5) is 15.4. The first-order valence-electron chi connectivity index (χ1n) is 11.7. The van der Waals surface area contributed by atoms with Gasteiger partial charge in [-0.3, -0.25) is 9.69 Å². The van der Waals surface area contributed by atoms with Crippen LogP contribution in [0.2, 0.25) is 0 Å². The second kappa shape index (κ2) is 10.00. The third kappa shape index (κ3) is 5.27. The first-order chi connectivity index (χ1) is 17.0. The third-order valence-corrected chi connectivity index (χ3v) is 8.23. The minimum atomic E-state index is -3.47. The van der Waals surface area contributed by atoms with Crippen molar-refractivity contribution in [1.82, 2.24) is 9.21 Å². The molecule has 1 N–H and O–H groups in total. The molecule has 4 aromatic carbocycles. The molecule has 0 aromatic heterocycles. The van der Waals surface area contributed by atoms with Crippen molar-refractivity contribution < 1.29 is 13.2 Å². The smallest absolute Gasteiger partial charge is 0.255 e. The maximum atomic E-state index is 12.9. The van der Waals surface area contributed by atoms with E-state index in [4.69, 9.17) is 0 Å². The Bertz CT molecular complexity index is 1450. The van der Waals surface area contributed by atoms with Crippen LogP contribution in [0.3, 0.4) is 0 Å². The van der Waals surface area contributed by atoms with E-state index in [1.165, 1.54) is 0 Å². The van der Waals surface area contributed by atoms with Gasteiger partial charge in [-0.05, 0) is 52.7 Å². The fourth-order valence-corrected chi connectivity index (χ4v) is 5.85. The average molecular weight is 486 g/mol. The number of sulfonamides is 1. The van der Waals surface area contributed by atoms with Gasteiger partial charge in [-0.15, -0.1) is 0 Å². The van der Waals surface area contributed by atoms with E-state index in [1.54, 1.807) is 28.6 Å². The highest BCUT2D eigenvalue weighted by atomic mass is 32.2. The molecule has 0 atom stereocenters. The molecule has 0 spiro atoms. The van der Waals surface area contributed by atoms with Crippen molar-refractivity contribution in [2.24, 2.45) is 0 Å². The van der Waals surface area contributed by atoms with Gasteiger partial charge in [-0.25, -0.2) is 8.42 Å². The lowest BCUT2D eigenvalue weighted by Crippen LogP contribution is -2.48. The summed E-state index contributed by atoms with van der Waals surface area (Å²) < 4.78 is 27.3. The van der Waals surface area contributed by atoms with Crippen LogP contribution in [0, 0.1) is 0 Å². The van der Waals surface area contributed by atoms with Crippen LogP contribution in [0.1, 0.15) is 15.9 Å². The molecule has 1 aliphatic rings. The Morgan fingerprint density at radius 2 is 1.46 bits per heavy atom. The first kappa shape index (κ1) is 23.2. The topological polar surface area (TPSA) is 69.7 Å². The second-order valence-electron chi connectivity index (χ2n) is 8.71. The minimum absolute atomic E-state index is 0.152. The third-order valence-electron chi connectivity index (χ3n) is 6.31. The number of amides is 1. The van der Waals surface area contributed by atoms with Crippen LogP contribution in [-0.2, 0) is 16.6 Å². The van der Waals surface area contributed by atoms with Crippen molar-refractivity contribution in [2.75, 3.05) is 31.5 Å². The van der Waals surface area contributed by atoms with Crippen molar-refractivity contribution >= 4 is 32.4 Å². The number of nitrogens with one attached hydrogen (secondary N) is 1. The largest absolute Gasteiger partial charge is 0.322 e. The molecule has 4 aromatic rings. The molecule has 1 fully saturated rings. The Balaban J connectivity index is 1.20. The van der Waals surface area contributed by atoms with Crippen molar-refractivity contribution in [3.63, 3.8) is 0 Å². The quantitative estimate of drug-likeness (QED) is 0.433. The molecule has 178 valence electrons. The summed E-state index contributed by atoms with van der Waals surface area (Å²) in [6.45, 7) is 2.83. The first-order valence-corrected chi connectivity index (χ1v) is 13.1. The van der Waals surface area contributed by atoms with E-state index in [-0.39, 0.29) is 5.91 Å². The lowest BCUT2D eigenvalue weighted by atomic mass is 10.1. The van der Waals surface area contributed by atoms with E-state index >= 15 is 0 Å². The molecule has 0 bridgehead atoms. The van der Waals surface area contributed by atoms with Crippen molar-refractivity contribution in [3.05, 3.63) is 108 Å². The monoisotopic (exact) mass is 485 g/mol. The number of anilines is 1.